The molecule has 1 saturated carbocycles. The Labute approximate surface area is 234 Å². The van der Waals surface area contributed by atoms with Crippen molar-refractivity contribution in [3.8, 4) is 40.1 Å². The van der Waals surface area contributed by atoms with Gasteiger partial charge >= 0.3 is 17.1 Å². The number of phenolic OH excluding ortho intramolecular Hbond substituents is 4. The summed E-state index contributed by atoms with van der Waals surface area (Å²) in [6.45, 7) is -1.09. The molecule has 0 radical (unpaired) electrons. The van der Waals surface area contributed by atoms with Crippen molar-refractivity contribution in [3.63, 3.8) is 0 Å². The van der Waals surface area contributed by atoms with E-state index in [4.69, 9.17) is 13.9 Å². The third-order valence-electron chi connectivity index (χ3n) is 7.18. The molecule has 1 aliphatic carbocycles. The number of aliphatic hydroxyl groups is 4. The summed E-state index contributed by atoms with van der Waals surface area (Å²) < 4.78 is 17.2. The molecule has 2 heterocycles. The molecule has 42 heavy (non-hydrogen) atoms. The first-order chi connectivity index (χ1) is 19.7. The normalized spacial score (nSPS) is 28.3. The van der Waals surface area contributed by atoms with Gasteiger partial charge in [0, 0.05) is 18.2 Å². The quantitative estimate of drug-likeness (QED) is 0.0803. The van der Waals surface area contributed by atoms with E-state index in [1.807, 2.05) is 0 Å². The molecule has 2 fully saturated rings. The summed E-state index contributed by atoms with van der Waals surface area (Å²) in [6.07, 6.45) is -9.29. The molecular weight excluding hydrogens is 564 g/mol. The Morgan fingerprint density at radius 2 is 1.55 bits per heavy atom. The molecule has 1 aliphatic heterocycles. The number of hydrogen-bond donors (Lipinski definition) is 8. The third-order valence-corrected chi connectivity index (χ3v) is 7.18. The summed E-state index contributed by atoms with van der Waals surface area (Å²) in [5, 5.41) is 83.1. The largest absolute Gasteiger partial charge is 0.507 e. The number of aliphatic hydroxyl groups excluding tert-OH is 3. The van der Waals surface area contributed by atoms with E-state index in [-0.39, 0.29) is 16.5 Å². The van der Waals surface area contributed by atoms with Crippen molar-refractivity contribution in [2.75, 3.05) is 6.61 Å². The van der Waals surface area contributed by atoms with E-state index < -0.39 is 107 Å². The maximum Gasteiger partial charge on any atom is 0.402 e. The van der Waals surface area contributed by atoms with Gasteiger partial charge in [-0.2, -0.15) is 0 Å². The summed E-state index contributed by atoms with van der Waals surface area (Å²) >= 11 is 0. The van der Waals surface area contributed by atoms with Crippen LogP contribution in [0.15, 0.2) is 40.8 Å². The minimum atomic E-state index is -3.55. The maximum atomic E-state index is 13.7. The molecular formula is C27H23O15+. The molecule has 0 spiro atoms. The number of hydrogen-bond acceptors (Lipinski definition) is 14. The fraction of sp³-hybridized carbons (Fsp3) is 0.296. The van der Waals surface area contributed by atoms with Crippen molar-refractivity contribution in [2.24, 2.45) is 0 Å². The lowest BCUT2D eigenvalue weighted by Gasteiger charge is -2.52. The van der Waals surface area contributed by atoms with Crippen LogP contribution in [-0.4, -0.2) is 100 Å². The summed E-state index contributed by atoms with van der Waals surface area (Å²) in [7, 11) is 0. The first-order valence-electron chi connectivity index (χ1n) is 12.3. The monoisotopic (exact) mass is 587 g/mol. The van der Waals surface area contributed by atoms with Crippen LogP contribution >= 0.6 is 0 Å². The molecule has 15 heteroatoms. The Morgan fingerprint density at radius 3 is 2.19 bits per heavy atom. The molecule has 220 valence electrons. The summed E-state index contributed by atoms with van der Waals surface area (Å²) in [6, 6.07) is 6.20. The molecule has 5 atom stereocenters. The van der Waals surface area contributed by atoms with Crippen LogP contribution in [0.1, 0.15) is 12.8 Å². The van der Waals surface area contributed by atoms with E-state index >= 15 is 0 Å². The van der Waals surface area contributed by atoms with Gasteiger partial charge in [-0.05, 0) is 12.1 Å². The van der Waals surface area contributed by atoms with E-state index in [0.717, 1.165) is 30.3 Å². The molecule has 3 aromatic rings. The molecule has 0 bridgehead atoms. The van der Waals surface area contributed by atoms with Gasteiger partial charge in [-0.3, -0.25) is 19.2 Å². The molecule has 8 N–H and O–H groups in total. The Balaban J connectivity index is 1.82. The second kappa shape index (κ2) is 10.0. The number of carbonyl (C=O) groups is 4. The maximum absolute atomic E-state index is 13.7. The first kappa shape index (κ1) is 28.8. The molecule has 2 aromatic carbocycles. The zero-order valence-corrected chi connectivity index (χ0v) is 21.3. The highest BCUT2D eigenvalue weighted by atomic mass is 16.7. The second-order valence-electron chi connectivity index (χ2n) is 9.83. The lowest BCUT2D eigenvalue weighted by atomic mass is 9.71. The average Bonchev–Trinajstić information content (AvgIpc) is 2.94. The van der Waals surface area contributed by atoms with Gasteiger partial charge in [0.1, 0.15) is 35.2 Å². The van der Waals surface area contributed by atoms with Gasteiger partial charge in [-0.15, -0.1) is 0 Å². The smallest absolute Gasteiger partial charge is 0.402 e. The molecule has 1 saturated heterocycles. The Kier molecular flexibility index (Phi) is 6.87. The van der Waals surface area contributed by atoms with Crippen molar-refractivity contribution in [1.82, 2.24) is 0 Å². The number of Topliss-reactive ketones (excluding diaryl/α,β-unsaturated/α-hetero) is 4. The van der Waals surface area contributed by atoms with Gasteiger partial charge < -0.3 is 50.3 Å². The zero-order chi connectivity index (χ0) is 30.7. The number of ketones is 4. The Bertz CT molecular complexity index is 1660. The lowest BCUT2D eigenvalue weighted by Crippen LogP contribution is -2.81. The molecule has 1 aromatic heterocycles. The van der Waals surface area contributed by atoms with Gasteiger partial charge in [0.25, 0.3) is 0 Å². The van der Waals surface area contributed by atoms with Gasteiger partial charge in [-0.25, -0.2) is 4.42 Å². The summed E-state index contributed by atoms with van der Waals surface area (Å²) in [4.78, 5) is 51.6. The molecule has 2 aliphatic rings. The number of ether oxygens (including phenoxy) is 2. The van der Waals surface area contributed by atoms with Crippen molar-refractivity contribution in [2.45, 2.75) is 42.5 Å². The van der Waals surface area contributed by atoms with Gasteiger partial charge in [0.05, 0.1) is 31.1 Å². The first-order valence-corrected chi connectivity index (χ1v) is 12.3. The van der Waals surface area contributed by atoms with E-state index in [2.05, 4.69) is 0 Å². The molecule has 0 amide bonds. The SMILES string of the molecule is O=C1CC(=O)C2(Oc3cc4c(O)cc(O)cc4[o+]c3-c3ccc(O)c(O)c3)O[C@H](CO)[C@H](O)[C@H](O)[C@]2(O)C(=O)CC1=O. The molecule has 15 nitrogen and oxygen atoms in total. The molecule has 1 unspecified atom stereocenters. The number of phenols is 4. The predicted octanol–water partition coefficient (Wildman–Crippen LogP) is -0.807. The fourth-order valence-electron chi connectivity index (χ4n) is 4.97. The van der Waals surface area contributed by atoms with Crippen molar-refractivity contribution in [3.05, 3.63) is 36.4 Å². The van der Waals surface area contributed by atoms with Crippen LogP contribution in [0.2, 0.25) is 0 Å². The fourth-order valence-corrected chi connectivity index (χ4v) is 4.97. The van der Waals surface area contributed by atoms with E-state index in [1.54, 1.807) is 0 Å². The van der Waals surface area contributed by atoms with Crippen LogP contribution in [0.25, 0.3) is 22.3 Å². The Hall–Kier alpha value is -4.67. The predicted molar refractivity (Wildman–Crippen MR) is 134 cm³/mol. The van der Waals surface area contributed by atoms with Crippen LogP contribution in [0.4, 0.5) is 0 Å². The van der Waals surface area contributed by atoms with Crippen molar-refractivity contribution >= 4 is 34.1 Å². The van der Waals surface area contributed by atoms with Crippen LogP contribution in [0.5, 0.6) is 28.7 Å². The number of aromatic hydroxyl groups is 4. The van der Waals surface area contributed by atoms with Crippen LogP contribution in [0.3, 0.4) is 0 Å². The van der Waals surface area contributed by atoms with E-state index in [0.29, 0.717) is 0 Å². The number of fused-ring (bicyclic) bond motifs is 2. The Morgan fingerprint density at radius 1 is 0.881 bits per heavy atom. The van der Waals surface area contributed by atoms with Gasteiger partial charge in [0.15, 0.2) is 17.3 Å². The number of benzene rings is 2. The van der Waals surface area contributed by atoms with E-state index in [9.17, 15) is 60.0 Å². The molecule has 5 rings (SSSR count). The van der Waals surface area contributed by atoms with Crippen LogP contribution in [-0.2, 0) is 23.9 Å². The second-order valence-corrected chi connectivity index (χ2v) is 9.83. The van der Waals surface area contributed by atoms with Crippen molar-refractivity contribution in [1.29, 1.82) is 0 Å². The standard InChI is InChI=1S/C27H22O15/c28-9-20-23(37)25(38)26(39)21(35)7-16(33)17(34)8-22(36)27(26,42-20)41-19-6-12-14(31)4-11(29)5-18(12)40-24(19)10-1-2-13(30)15(32)3-10/h1-6,20,23,25,28,37-39H,7-9H2,(H3-,29,30,31,32,33,34)/p+1/t20-,23+,25+,26-,27?/m1/s1. The summed E-state index contributed by atoms with van der Waals surface area (Å²) in [5.41, 5.74) is -3.83. The topological polar surface area (TPSA) is 260 Å². The van der Waals surface area contributed by atoms with Crippen LogP contribution in [0, 0.1) is 0 Å². The lowest BCUT2D eigenvalue weighted by molar-refractivity contribution is -0.347. The number of rotatable bonds is 4. The van der Waals surface area contributed by atoms with Crippen molar-refractivity contribution < 1.29 is 73.9 Å². The highest BCUT2D eigenvalue weighted by Crippen LogP contribution is 2.47. The average molecular weight is 587 g/mol. The van der Waals surface area contributed by atoms with E-state index in [1.165, 1.54) is 6.07 Å². The van der Waals surface area contributed by atoms with Crippen LogP contribution < -0.4 is 4.74 Å². The third kappa shape index (κ3) is 4.22. The summed E-state index contributed by atoms with van der Waals surface area (Å²) in [5.74, 6) is -12.6. The highest BCUT2D eigenvalue weighted by molar-refractivity contribution is 6.44. The van der Waals surface area contributed by atoms with Gasteiger partial charge in [0.2, 0.25) is 28.7 Å². The highest BCUT2D eigenvalue weighted by Gasteiger charge is 2.74. The number of carbonyl (C=O) groups excluding carboxylic acids is 4. The van der Waals surface area contributed by atoms with Gasteiger partial charge in [-0.1, -0.05) is 0 Å². The minimum Gasteiger partial charge on any atom is -0.507 e. The zero-order valence-electron chi connectivity index (χ0n) is 21.3. The minimum absolute atomic E-state index is 0.0871.